The van der Waals surface area contributed by atoms with E-state index < -0.39 is 10.0 Å². The molecule has 1 saturated heterocycles. The monoisotopic (exact) mass is 594 g/mol. The number of anilines is 1. The predicted molar refractivity (Wildman–Crippen MR) is 161 cm³/mol. The first-order valence-corrected chi connectivity index (χ1v) is 15.5. The highest BCUT2D eigenvalue weighted by Gasteiger charge is 2.32. The van der Waals surface area contributed by atoms with Crippen LogP contribution in [0, 0.1) is 11.8 Å². The molecular weight excluding hydrogens is 556 g/mol. The lowest BCUT2D eigenvalue weighted by Gasteiger charge is -2.34. The molecule has 0 bridgehead atoms. The number of halogens is 1. The SMILES string of the molecule is CCN(CC)CCN(C(=O)c1ccc(S(=O)(=O)N2CC(C)CC(C)C2)cc1)c1nc2ccc(OC)cc2s1.Cl. The zero-order valence-corrected chi connectivity index (χ0v) is 25.7. The first-order valence-electron chi connectivity index (χ1n) is 13.2. The lowest BCUT2D eigenvalue weighted by molar-refractivity contribution is 0.0983. The van der Waals surface area contributed by atoms with Gasteiger partial charge in [-0.3, -0.25) is 9.69 Å². The first-order chi connectivity index (χ1) is 18.2. The van der Waals surface area contributed by atoms with Crippen LogP contribution in [0.1, 0.15) is 44.5 Å². The van der Waals surface area contributed by atoms with Gasteiger partial charge in [-0.15, -0.1) is 12.4 Å². The summed E-state index contributed by atoms with van der Waals surface area (Å²) in [7, 11) is -1.99. The van der Waals surface area contributed by atoms with Gasteiger partial charge in [0.2, 0.25) is 10.0 Å². The highest BCUT2D eigenvalue weighted by atomic mass is 35.5. The number of hydrogen-bond acceptors (Lipinski definition) is 7. The molecule has 0 N–H and O–H groups in total. The molecule has 11 heteroatoms. The van der Waals surface area contributed by atoms with Gasteiger partial charge >= 0.3 is 0 Å². The van der Waals surface area contributed by atoms with Crippen LogP contribution in [-0.2, 0) is 10.0 Å². The number of amides is 1. The lowest BCUT2D eigenvalue weighted by Crippen LogP contribution is -2.42. The van der Waals surface area contributed by atoms with E-state index in [9.17, 15) is 13.2 Å². The Morgan fingerprint density at radius 3 is 2.28 bits per heavy atom. The Balaban J connectivity index is 0.00000420. The fourth-order valence-electron chi connectivity index (χ4n) is 5.08. The number of aromatic nitrogens is 1. The molecule has 0 aliphatic carbocycles. The van der Waals surface area contributed by atoms with Crippen molar-refractivity contribution in [1.29, 1.82) is 0 Å². The maximum atomic E-state index is 13.8. The molecule has 214 valence electrons. The third-order valence-corrected chi connectivity index (χ3v) is 10.1. The number of carbonyl (C=O) groups excluding carboxylic acids is 1. The van der Waals surface area contributed by atoms with Crippen LogP contribution in [0.3, 0.4) is 0 Å². The summed E-state index contributed by atoms with van der Waals surface area (Å²) >= 11 is 1.44. The summed E-state index contributed by atoms with van der Waals surface area (Å²) in [4.78, 5) is 22.7. The number of methoxy groups -OCH3 is 1. The molecule has 4 rings (SSSR count). The fourth-order valence-corrected chi connectivity index (χ4v) is 7.77. The van der Waals surface area contributed by atoms with Crippen LogP contribution < -0.4 is 9.64 Å². The Morgan fingerprint density at radius 2 is 1.69 bits per heavy atom. The van der Waals surface area contributed by atoms with E-state index in [1.165, 1.54) is 11.3 Å². The van der Waals surface area contributed by atoms with Gasteiger partial charge in [-0.1, -0.05) is 39.0 Å². The van der Waals surface area contributed by atoms with Gasteiger partial charge in [0.05, 0.1) is 22.2 Å². The zero-order valence-electron chi connectivity index (χ0n) is 23.3. The minimum absolute atomic E-state index is 0. The predicted octanol–water partition coefficient (Wildman–Crippen LogP) is 5.38. The molecule has 0 radical (unpaired) electrons. The fraction of sp³-hybridized carbons (Fsp3) is 0.500. The van der Waals surface area contributed by atoms with Crippen molar-refractivity contribution >= 4 is 55.0 Å². The van der Waals surface area contributed by atoms with Crippen LogP contribution in [0.5, 0.6) is 5.75 Å². The number of hydrogen-bond donors (Lipinski definition) is 0. The molecule has 2 atom stereocenters. The number of likely N-dealkylation sites (N-methyl/N-ethyl adjacent to an activating group) is 1. The van der Waals surface area contributed by atoms with E-state index in [4.69, 9.17) is 9.72 Å². The first kappa shape index (κ1) is 31.3. The van der Waals surface area contributed by atoms with E-state index in [2.05, 4.69) is 32.6 Å². The van der Waals surface area contributed by atoms with Gasteiger partial charge in [-0.05, 0) is 73.8 Å². The summed E-state index contributed by atoms with van der Waals surface area (Å²) in [6.45, 7) is 12.4. The summed E-state index contributed by atoms with van der Waals surface area (Å²) in [5.41, 5.74) is 1.23. The van der Waals surface area contributed by atoms with Gasteiger partial charge in [0.15, 0.2) is 5.13 Å². The maximum absolute atomic E-state index is 13.8. The normalized spacial score (nSPS) is 18.2. The Kier molecular flexibility index (Phi) is 10.8. The summed E-state index contributed by atoms with van der Waals surface area (Å²) < 4.78 is 34.5. The molecule has 0 saturated carbocycles. The van der Waals surface area contributed by atoms with E-state index in [-0.39, 0.29) is 23.2 Å². The second kappa shape index (κ2) is 13.4. The largest absolute Gasteiger partial charge is 0.497 e. The van der Waals surface area contributed by atoms with Crippen LogP contribution in [0.2, 0.25) is 0 Å². The molecule has 3 aromatic rings. The molecular formula is C28H39ClN4O4S2. The van der Waals surface area contributed by atoms with Crippen molar-refractivity contribution in [3.05, 3.63) is 48.0 Å². The van der Waals surface area contributed by atoms with Crippen LogP contribution in [-0.4, -0.2) is 74.9 Å². The molecule has 1 fully saturated rings. The Hall–Kier alpha value is -2.24. The molecule has 2 unspecified atom stereocenters. The van der Waals surface area contributed by atoms with Gasteiger partial charge in [0.1, 0.15) is 5.75 Å². The summed E-state index contributed by atoms with van der Waals surface area (Å²) in [5, 5.41) is 0.610. The average Bonchev–Trinajstić information content (AvgIpc) is 3.33. The molecule has 0 spiro atoms. The molecule has 1 aromatic heterocycles. The highest BCUT2D eigenvalue weighted by molar-refractivity contribution is 7.89. The minimum atomic E-state index is -3.62. The smallest absolute Gasteiger partial charge is 0.260 e. The van der Waals surface area contributed by atoms with E-state index in [1.54, 1.807) is 40.6 Å². The highest BCUT2D eigenvalue weighted by Crippen LogP contribution is 2.32. The van der Waals surface area contributed by atoms with Crippen molar-refractivity contribution in [2.45, 2.75) is 39.0 Å². The van der Waals surface area contributed by atoms with Crippen molar-refractivity contribution in [2.24, 2.45) is 11.8 Å². The molecule has 1 aliphatic heterocycles. The van der Waals surface area contributed by atoms with Gasteiger partial charge in [0, 0.05) is 31.7 Å². The number of thiazole rings is 1. The summed E-state index contributed by atoms with van der Waals surface area (Å²) in [6.07, 6.45) is 1.03. The number of carbonyl (C=O) groups is 1. The van der Waals surface area contributed by atoms with Gasteiger partial charge in [-0.25, -0.2) is 13.4 Å². The number of ether oxygens (including phenoxy) is 1. The van der Waals surface area contributed by atoms with Crippen molar-refractivity contribution in [1.82, 2.24) is 14.2 Å². The number of rotatable bonds is 10. The minimum Gasteiger partial charge on any atom is -0.497 e. The van der Waals surface area contributed by atoms with E-state index >= 15 is 0 Å². The van der Waals surface area contributed by atoms with E-state index in [0.717, 1.165) is 35.5 Å². The maximum Gasteiger partial charge on any atom is 0.260 e. The molecule has 1 amide bonds. The van der Waals surface area contributed by atoms with E-state index in [1.807, 2.05) is 18.2 Å². The van der Waals surface area contributed by atoms with Crippen molar-refractivity contribution in [2.75, 3.05) is 51.3 Å². The number of sulfonamides is 1. The molecule has 2 aromatic carbocycles. The topological polar surface area (TPSA) is 83.1 Å². The molecule has 8 nitrogen and oxygen atoms in total. The van der Waals surface area contributed by atoms with Gasteiger partial charge < -0.3 is 9.64 Å². The Morgan fingerprint density at radius 1 is 1.05 bits per heavy atom. The van der Waals surface area contributed by atoms with Crippen LogP contribution >= 0.6 is 23.7 Å². The second-order valence-electron chi connectivity index (χ2n) is 10.1. The molecule has 2 heterocycles. The number of benzene rings is 2. The van der Waals surface area contributed by atoms with Crippen molar-refractivity contribution in [3.63, 3.8) is 0 Å². The quantitative estimate of drug-likeness (QED) is 0.313. The Labute approximate surface area is 242 Å². The lowest BCUT2D eigenvalue weighted by atomic mass is 9.94. The Bertz CT molecular complexity index is 1350. The average molecular weight is 595 g/mol. The van der Waals surface area contributed by atoms with Crippen molar-refractivity contribution < 1.29 is 17.9 Å². The van der Waals surface area contributed by atoms with Crippen molar-refractivity contribution in [3.8, 4) is 5.75 Å². The van der Waals surface area contributed by atoms with E-state index in [0.29, 0.717) is 48.7 Å². The molecule has 39 heavy (non-hydrogen) atoms. The zero-order chi connectivity index (χ0) is 27.4. The number of fused-ring (bicyclic) bond motifs is 1. The van der Waals surface area contributed by atoms with Crippen LogP contribution in [0.4, 0.5) is 5.13 Å². The van der Waals surface area contributed by atoms with Gasteiger partial charge in [0.25, 0.3) is 5.91 Å². The second-order valence-corrected chi connectivity index (χ2v) is 13.1. The summed E-state index contributed by atoms with van der Waals surface area (Å²) in [5.74, 6) is 1.18. The summed E-state index contributed by atoms with van der Waals surface area (Å²) in [6, 6.07) is 12.0. The number of nitrogens with zero attached hydrogens (tertiary/aromatic N) is 4. The van der Waals surface area contributed by atoms with Crippen LogP contribution in [0.25, 0.3) is 10.2 Å². The number of piperidine rings is 1. The molecule has 1 aliphatic rings. The van der Waals surface area contributed by atoms with Crippen LogP contribution in [0.15, 0.2) is 47.4 Å². The third kappa shape index (κ3) is 7.10. The standard InChI is InChI=1S/C28H38N4O4S2.ClH/c1-6-30(7-2)14-15-32(28-29-25-13-10-23(36-5)17-26(25)37-28)27(33)22-8-11-24(12-9-22)38(34,35)31-18-20(3)16-21(4)19-31;/h8-13,17,20-21H,6-7,14-16,18-19H2,1-5H3;1H. The van der Waals surface area contributed by atoms with Gasteiger partial charge in [-0.2, -0.15) is 4.31 Å². The third-order valence-electron chi connectivity index (χ3n) is 7.17.